The number of hydrogen-bond acceptors (Lipinski definition) is 2. The van der Waals surface area contributed by atoms with Gasteiger partial charge in [0.1, 0.15) is 11.6 Å². The average Bonchev–Trinajstić information content (AvgIpc) is 2.13. The molecule has 78 valence electrons. The lowest BCUT2D eigenvalue weighted by Gasteiger charge is -2.12. The van der Waals surface area contributed by atoms with Gasteiger partial charge in [-0.2, -0.15) is 0 Å². The maximum atomic E-state index is 13.5. The third-order valence-corrected chi connectivity index (χ3v) is 2.19. The van der Waals surface area contributed by atoms with E-state index in [2.05, 4.69) is 0 Å². The topological polar surface area (TPSA) is 35.2 Å². The smallest absolute Gasteiger partial charge is 0.148 e. The summed E-state index contributed by atoms with van der Waals surface area (Å²) in [5.41, 5.74) is 6.04. The van der Waals surface area contributed by atoms with Crippen molar-refractivity contribution >= 4 is 11.6 Å². The van der Waals surface area contributed by atoms with Gasteiger partial charge in [-0.05, 0) is 25.5 Å². The molecule has 0 bridgehead atoms. The van der Waals surface area contributed by atoms with Gasteiger partial charge < -0.3 is 10.5 Å². The molecule has 4 heteroatoms. The second-order valence-electron chi connectivity index (χ2n) is 3.22. The summed E-state index contributed by atoms with van der Waals surface area (Å²) in [4.78, 5) is 0. The molecule has 0 saturated carbocycles. The quantitative estimate of drug-likeness (QED) is 0.844. The summed E-state index contributed by atoms with van der Waals surface area (Å²) < 4.78 is 18.6. The zero-order valence-corrected chi connectivity index (χ0v) is 8.94. The normalized spacial score (nSPS) is 12.6. The van der Waals surface area contributed by atoms with Crippen molar-refractivity contribution < 1.29 is 9.13 Å². The molecule has 1 rings (SSSR count). The first-order valence-electron chi connectivity index (χ1n) is 4.32. The van der Waals surface area contributed by atoms with E-state index in [4.69, 9.17) is 22.1 Å². The van der Waals surface area contributed by atoms with E-state index in [9.17, 15) is 4.39 Å². The van der Waals surface area contributed by atoms with Gasteiger partial charge in [0.15, 0.2) is 0 Å². The van der Waals surface area contributed by atoms with Gasteiger partial charge in [-0.3, -0.25) is 0 Å². The Morgan fingerprint density at radius 3 is 2.71 bits per heavy atom. The van der Waals surface area contributed by atoms with Crippen molar-refractivity contribution in [3.05, 3.63) is 28.5 Å². The summed E-state index contributed by atoms with van der Waals surface area (Å²) in [7, 11) is 1.49. The van der Waals surface area contributed by atoms with Gasteiger partial charge in [-0.1, -0.05) is 11.6 Å². The number of rotatable bonds is 3. The largest absolute Gasteiger partial charge is 0.496 e. The van der Waals surface area contributed by atoms with E-state index in [1.165, 1.54) is 13.2 Å². The summed E-state index contributed by atoms with van der Waals surface area (Å²) in [6, 6.07) is 2.99. The van der Waals surface area contributed by atoms with Crippen LogP contribution in [0.3, 0.4) is 0 Å². The van der Waals surface area contributed by atoms with Crippen LogP contribution in [0.1, 0.15) is 12.5 Å². The van der Waals surface area contributed by atoms with Crippen LogP contribution in [0, 0.1) is 5.82 Å². The summed E-state index contributed by atoms with van der Waals surface area (Å²) in [6.45, 7) is 1.81. The predicted octanol–water partition coefficient (Wildman–Crippen LogP) is 2.38. The molecule has 0 fully saturated rings. The van der Waals surface area contributed by atoms with Crippen LogP contribution in [0.15, 0.2) is 12.1 Å². The molecule has 0 spiro atoms. The van der Waals surface area contributed by atoms with Crippen molar-refractivity contribution in [3.8, 4) is 5.75 Å². The number of methoxy groups -OCH3 is 1. The molecule has 1 atom stereocenters. The molecule has 0 aliphatic heterocycles. The summed E-state index contributed by atoms with van der Waals surface area (Å²) in [5.74, 6) is 0.0486. The van der Waals surface area contributed by atoms with Crippen molar-refractivity contribution in [2.75, 3.05) is 7.11 Å². The monoisotopic (exact) mass is 217 g/mol. The SMILES string of the molecule is COc1ccc(Cl)c(F)c1CC(C)N. The van der Waals surface area contributed by atoms with E-state index >= 15 is 0 Å². The van der Waals surface area contributed by atoms with Crippen LogP contribution in [0.4, 0.5) is 4.39 Å². The average molecular weight is 218 g/mol. The van der Waals surface area contributed by atoms with Gasteiger partial charge >= 0.3 is 0 Å². The lowest BCUT2D eigenvalue weighted by atomic mass is 10.1. The number of ether oxygens (including phenoxy) is 1. The van der Waals surface area contributed by atoms with Crippen molar-refractivity contribution in [1.29, 1.82) is 0 Å². The van der Waals surface area contributed by atoms with Crippen LogP contribution in [-0.2, 0) is 6.42 Å². The Labute approximate surface area is 87.8 Å². The van der Waals surface area contributed by atoms with E-state index in [1.807, 2.05) is 0 Å². The highest BCUT2D eigenvalue weighted by atomic mass is 35.5. The predicted molar refractivity (Wildman–Crippen MR) is 55.3 cm³/mol. The van der Waals surface area contributed by atoms with Crippen LogP contribution < -0.4 is 10.5 Å². The first-order chi connectivity index (χ1) is 6.56. The fraction of sp³-hybridized carbons (Fsp3) is 0.400. The number of nitrogens with two attached hydrogens (primary N) is 1. The number of halogens is 2. The van der Waals surface area contributed by atoms with Gasteiger partial charge in [0.2, 0.25) is 0 Å². The second kappa shape index (κ2) is 4.62. The van der Waals surface area contributed by atoms with Crippen LogP contribution in [0.2, 0.25) is 5.02 Å². The Morgan fingerprint density at radius 2 is 2.21 bits per heavy atom. The highest BCUT2D eigenvalue weighted by Crippen LogP contribution is 2.27. The number of benzene rings is 1. The van der Waals surface area contributed by atoms with E-state index in [0.717, 1.165) is 0 Å². The van der Waals surface area contributed by atoms with E-state index in [1.54, 1.807) is 13.0 Å². The molecule has 2 nitrogen and oxygen atoms in total. The zero-order valence-electron chi connectivity index (χ0n) is 8.18. The maximum absolute atomic E-state index is 13.5. The molecule has 0 heterocycles. The van der Waals surface area contributed by atoms with Crippen molar-refractivity contribution in [1.82, 2.24) is 0 Å². The second-order valence-corrected chi connectivity index (χ2v) is 3.63. The third kappa shape index (κ3) is 2.36. The number of hydrogen-bond donors (Lipinski definition) is 1. The molecule has 1 aromatic rings. The molecule has 0 aliphatic rings. The Balaban J connectivity index is 3.14. The van der Waals surface area contributed by atoms with E-state index in [0.29, 0.717) is 17.7 Å². The lowest BCUT2D eigenvalue weighted by molar-refractivity contribution is 0.402. The molecular formula is C10H13ClFNO. The fourth-order valence-corrected chi connectivity index (χ4v) is 1.46. The first-order valence-corrected chi connectivity index (χ1v) is 4.70. The van der Waals surface area contributed by atoms with Gasteiger partial charge in [0.25, 0.3) is 0 Å². The highest BCUT2D eigenvalue weighted by molar-refractivity contribution is 6.30. The van der Waals surface area contributed by atoms with Crippen molar-refractivity contribution in [2.24, 2.45) is 5.73 Å². The Bertz CT molecular complexity index is 328. The van der Waals surface area contributed by atoms with Crippen molar-refractivity contribution in [3.63, 3.8) is 0 Å². The molecule has 0 amide bonds. The molecule has 14 heavy (non-hydrogen) atoms. The van der Waals surface area contributed by atoms with Crippen LogP contribution in [0.25, 0.3) is 0 Å². The molecule has 0 aromatic heterocycles. The first kappa shape index (κ1) is 11.3. The maximum Gasteiger partial charge on any atom is 0.148 e. The minimum absolute atomic E-state index is 0.0986. The van der Waals surface area contributed by atoms with Crippen LogP contribution >= 0.6 is 11.6 Å². The van der Waals surface area contributed by atoms with Gasteiger partial charge in [0, 0.05) is 11.6 Å². The molecule has 1 unspecified atom stereocenters. The van der Waals surface area contributed by atoms with Crippen LogP contribution in [0.5, 0.6) is 5.75 Å². The molecule has 1 aromatic carbocycles. The third-order valence-electron chi connectivity index (χ3n) is 1.90. The van der Waals surface area contributed by atoms with Gasteiger partial charge in [-0.25, -0.2) is 4.39 Å². The molecule has 0 aliphatic carbocycles. The van der Waals surface area contributed by atoms with E-state index in [-0.39, 0.29) is 11.1 Å². The van der Waals surface area contributed by atoms with E-state index < -0.39 is 5.82 Å². The Hall–Kier alpha value is -0.800. The van der Waals surface area contributed by atoms with Gasteiger partial charge in [0.05, 0.1) is 12.1 Å². The molecule has 0 saturated heterocycles. The standard InChI is InChI=1S/C10H13ClFNO/c1-6(13)5-7-9(14-2)4-3-8(11)10(7)12/h3-4,6H,5,13H2,1-2H3. The van der Waals surface area contributed by atoms with Gasteiger partial charge in [-0.15, -0.1) is 0 Å². The minimum Gasteiger partial charge on any atom is -0.496 e. The lowest BCUT2D eigenvalue weighted by Crippen LogP contribution is -2.19. The summed E-state index contributed by atoms with van der Waals surface area (Å²) in [5, 5.41) is 0.0986. The summed E-state index contributed by atoms with van der Waals surface area (Å²) in [6.07, 6.45) is 0.412. The Kier molecular flexibility index (Phi) is 3.72. The van der Waals surface area contributed by atoms with Crippen LogP contribution in [-0.4, -0.2) is 13.2 Å². The summed E-state index contributed by atoms with van der Waals surface area (Å²) >= 11 is 5.65. The Morgan fingerprint density at radius 1 is 1.57 bits per heavy atom. The molecule has 2 N–H and O–H groups in total. The highest BCUT2D eigenvalue weighted by Gasteiger charge is 2.14. The minimum atomic E-state index is -0.441. The molecule has 0 radical (unpaired) electrons. The molecular weight excluding hydrogens is 205 g/mol. The zero-order chi connectivity index (χ0) is 10.7. The fourth-order valence-electron chi connectivity index (χ4n) is 1.28. The van der Waals surface area contributed by atoms with Crippen molar-refractivity contribution in [2.45, 2.75) is 19.4 Å².